The second kappa shape index (κ2) is 10.2. The summed E-state index contributed by atoms with van der Waals surface area (Å²) in [6.45, 7) is -0.808. The zero-order chi connectivity index (χ0) is 26.7. The number of benzene rings is 2. The van der Waals surface area contributed by atoms with Crippen LogP contribution in [0.4, 0.5) is 37.7 Å². The molecule has 0 bridgehead atoms. The average Bonchev–Trinajstić information content (AvgIpc) is 2.73. The van der Waals surface area contributed by atoms with E-state index in [-0.39, 0.29) is 17.1 Å². The number of alkyl halides is 6. The number of aromatic nitrogens is 1. The van der Waals surface area contributed by atoms with E-state index >= 15 is 0 Å². The maximum Gasteiger partial charge on any atom is 0.573 e. The fourth-order valence-electron chi connectivity index (χ4n) is 2.74. The normalized spacial score (nSPS) is 12.3. The average molecular weight is 540 g/mol. The lowest BCUT2D eigenvalue weighted by Gasteiger charge is -2.18. The summed E-state index contributed by atoms with van der Waals surface area (Å²) >= 11 is 0. The standard InChI is InChI=1S/C20H15F6N2O7P/c21-19(22,23)12-5-6-15(34-16-3-1-2-4-17(16)35-20(24,25)26)14(9-12)27-13-7-8-28(18(29)10-13)11-33-36(30,31)32/h1-10,27H,11H2,(H2,30,31,32). The maximum absolute atomic E-state index is 13.3. The molecule has 0 radical (unpaired) electrons. The van der Waals surface area contributed by atoms with Gasteiger partial charge in [0, 0.05) is 18.0 Å². The third-order valence-corrected chi connectivity index (χ3v) is 4.69. The van der Waals surface area contributed by atoms with Crippen LogP contribution in [-0.2, 0) is 22.0 Å². The van der Waals surface area contributed by atoms with Gasteiger partial charge < -0.3 is 24.6 Å². The molecule has 0 aliphatic heterocycles. The van der Waals surface area contributed by atoms with Crippen LogP contribution in [0.5, 0.6) is 17.2 Å². The number of hydrogen-bond donors (Lipinski definition) is 3. The van der Waals surface area contributed by atoms with E-state index in [0.29, 0.717) is 12.1 Å². The summed E-state index contributed by atoms with van der Waals surface area (Å²) in [7, 11) is -4.88. The van der Waals surface area contributed by atoms with Crippen molar-refractivity contribution < 1.29 is 54.7 Å². The number of anilines is 2. The number of ether oxygens (including phenoxy) is 2. The zero-order valence-electron chi connectivity index (χ0n) is 17.6. The van der Waals surface area contributed by atoms with E-state index in [1.165, 1.54) is 18.2 Å². The molecular formula is C20H15F6N2O7P. The molecule has 3 aromatic rings. The minimum Gasteiger partial charge on any atom is -0.451 e. The number of phosphoric acid groups is 1. The highest BCUT2D eigenvalue weighted by atomic mass is 31.2. The second-order valence-electron chi connectivity index (χ2n) is 6.90. The molecule has 0 spiro atoms. The zero-order valence-corrected chi connectivity index (χ0v) is 18.5. The number of halogens is 6. The number of phosphoric ester groups is 1. The van der Waals surface area contributed by atoms with E-state index in [9.17, 15) is 35.7 Å². The first-order chi connectivity index (χ1) is 16.6. The molecule has 2 aromatic carbocycles. The number of rotatable bonds is 8. The van der Waals surface area contributed by atoms with E-state index in [2.05, 4.69) is 14.6 Å². The monoisotopic (exact) mass is 540 g/mol. The molecule has 0 unspecified atom stereocenters. The molecule has 0 fully saturated rings. The Balaban J connectivity index is 1.95. The molecule has 194 valence electrons. The minimum absolute atomic E-state index is 0.0727. The number of para-hydroxylation sites is 2. The SMILES string of the molecule is O=c1cc(Nc2cc(C(F)(F)F)ccc2Oc2ccccc2OC(F)(F)F)ccn1COP(=O)(O)O. The van der Waals surface area contributed by atoms with Crippen LogP contribution in [0, 0.1) is 0 Å². The number of nitrogens with one attached hydrogen (secondary N) is 1. The van der Waals surface area contributed by atoms with Crippen LogP contribution >= 0.6 is 7.82 Å². The number of nitrogens with zero attached hydrogens (tertiary/aromatic N) is 1. The summed E-state index contributed by atoms with van der Waals surface area (Å²) in [4.78, 5) is 29.6. The van der Waals surface area contributed by atoms with Crippen molar-refractivity contribution in [2.75, 3.05) is 5.32 Å². The predicted molar refractivity (Wildman–Crippen MR) is 112 cm³/mol. The quantitative estimate of drug-likeness (QED) is 0.258. The van der Waals surface area contributed by atoms with Gasteiger partial charge in [0.2, 0.25) is 0 Å². The van der Waals surface area contributed by atoms with E-state index in [1.54, 1.807) is 0 Å². The molecule has 3 N–H and O–H groups in total. The van der Waals surface area contributed by atoms with Crippen LogP contribution in [0.3, 0.4) is 0 Å². The summed E-state index contributed by atoms with van der Waals surface area (Å²) in [6, 6.07) is 8.77. The first kappa shape index (κ1) is 27.1. The highest BCUT2D eigenvalue weighted by molar-refractivity contribution is 7.46. The van der Waals surface area contributed by atoms with Crippen molar-refractivity contribution in [3.05, 3.63) is 76.7 Å². The van der Waals surface area contributed by atoms with Gasteiger partial charge in [-0.25, -0.2) is 4.57 Å². The summed E-state index contributed by atoms with van der Waals surface area (Å²) in [5.74, 6) is -1.54. The lowest BCUT2D eigenvalue weighted by atomic mass is 10.1. The van der Waals surface area contributed by atoms with Gasteiger partial charge in [0.05, 0.1) is 11.3 Å². The van der Waals surface area contributed by atoms with Gasteiger partial charge >= 0.3 is 20.4 Å². The Labute approximate surface area is 197 Å². The van der Waals surface area contributed by atoms with Crippen molar-refractivity contribution in [2.45, 2.75) is 19.3 Å². The Hall–Kier alpha value is -3.52. The van der Waals surface area contributed by atoms with Crippen molar-refractivity contribution in [1.82, 2.24) is 4.57 Å². The molecule has 0 atom stereocenters. The molecule has 1 aromatic heterocycles. The van der Waals surface area contributed by atoms with Gasteiger partial charge in [-0.1, -0.05) is 12.1 Å². The molecule has 3 rings (SSSR count). The van der Waals surface area contributed by atoms with Gasteiger partial charge in [-0.2, -0.15) is 13.2 Å². The van der Waals surface area contributed by atoms with Gasteiger partial charge in [0.25, 0.3) is 5.56 Å². The summed E-state index contributed by atoms with van der Waals surface area (Å²) in [5.41, 5.74) is -2.40. The number of pyridine rings is 1. The Kier molecular flexibility index (Phi) is 7.69. The van der Waals surface area contributed by atoms with Crippen LogP contribution in [0.25, 0.3) is 0 Å². The fourth-order valence-corrected chi connectivity index (χ4v) is 3.01. The van der Waals surface area contributed by atoms with Gasteiger partial charge in [-0.05, 0) is 36.4 Å². The first-order valence-corrected chi connectivity index (χ1v) is 11.1. The lowest BCUT2D eigenvalue weighted by Crippen LogP contribution is -2.19. The van der Waals surface area contributed by atoms with Gasteiger partial charge in [0.15, 0.2) is 17.2 Å². The highest BCUT2D eigenvalue weighted by Crippen LogP contribution is 2.41. The van der Waals surface area contributed by atoms with Crippen LogP contribution in [-0.4, -0.2) is 20.7 Å². The first-order valence-electron chi connectivity index (χ1n) is 9.52. The lowest BCUT2D eigenvalue weighted by molar-refractivity contribution is -0.275. The Morgan fingerprint density at radius 1 is 0.917 bits per heavy atom. The Bertz CT molecular complexity index is 1340. The van der Waals surface area contributed by atoms with E-state index in [1.807, 2.05) is 0 Å². The summed E-state index contributed by atoms with van der Waals surface area (Å²) in [6.07, 6.45) is -8.80. The topological polar surface area (TPSA) is 119 Å². The molecule has 0 saturated heterocycles. The molecule has 0 amide bonds. The molecule has 0 saturated carbocycles. The van der Waals surface area contributed by atoms with Gasteiger partial charge in [0.1, 0.15) is 6.73 Å². The van der Waals surface area contributed by atoms with Crippen LogP contribution in [0.2, 0.25) is 0 Å². The van der Waals surface area contributed by atoms with Crippen molar-refractivity contribution in [2.24, 2.45) is 0 Å². The van der Waals surface area contributed by atoms with Crippen molar-refractivity contribution >= 4 is 19.2 Å². The third-order valence-electron chi connectivity index (χ3n) is 4.24. The number of hydrogen-bond acceptors (Lipinski definition) is 6. The predicted octanol–water partition coefficient (Wildman–Crippen LogP) is 5.37. The molecule has 9 nitrogen and oxygen atoms in total. The van der Waals surface area contributed by atoms with E-state index in [0.717, 1.165) is 35.0 Å². The smallest absolute Gasteiger partial charge is 0.451 e. The van der Waals surface area contributed by atoms with Gasteiger partial charge in [-0.3, -0.25) is 13.9 Å². The highest BCUT2D eigenvalue weighted by Gasteiger charge is 2.33. The largest absolute Gasteiger partial charge is 0.573 e. The van der Waals surface area contributed by atoms with Crippen molar-refractivity contribution in [3.8, 4) is 17.2 Å². The molecular weight excluding hydrogens is 525 g/mol. The Morgan fingerprint density at radius 3 is 2.17 bits per heavy atom. The summed E-state index contributed by atoms with van der Waals surface area (Å²) in [5, 5.41) is 2.52. The van der Waals surface area contributed by atoms with Gasteiger partial charge in [-0.15, -0.1) is 13.2 Å². The van der Waals surface area contributed by atoms with E-state index in [4.69, 9.17) is 14.5 Å². The molecule has 36 heavy (non-hydrogen) atoms. The Morgan fingerprint density at radius 2 is 1.58 bits per heavy atom. The van der Waals surface area contributed by atoms with Crippen LogP contribution in [0.1, 0.15) is 5.56 Å². The second-order valence-corrected chi connectivity index (χ2v) is 8.14. The van der Waals surface area contributed by atoms with Crippen LogP contribution in [0.15, 0.2) is 65.6 Å². The fraction of sp³-hybridized carbons (Fsp3) is 0.150. The minimum atomic E-state index is -5.06. The van der Waals surface area contributed by atoms with Crippen LogP contribution < -0.4 is 20.3 Å². The molecule has 0 aliphatic rings. The summed E-state index contributed by atoms with van der Waals surface area (Å²) < 4.78 is 103. The molecule has 0 aliphatic carbocycles. The van der Waals surface area contributed by atoms with Crippen molar-refractivity contribution in [1.29, 1.82) is 0 Å². The molecule has 16 heteroatoms. The van der Waals surface area contributed by atoms with Crippen molar-refractivity contribution in [3.63, 3.8) is 0 Å². The third kappa shape index (κ3) is 7.75. The maximum atomic E-state index is 13.3. The van der Waals surface area contributed by atoms with E-state index < -0.39 is 49.7 Å². The molecule has 1 heterocycles.